The van der Waals surface area contributed by atoms with Crippen LogP contribution in [-0.4, -0.2) is 43.0 Å². The van der Waals surface area contributed by atoms with E-state index in [1.165, 1.54) is 14.0 Å². The highest BCUT2D eigenvalue weighted by Crippen LogP contribution is 2.43. The van der Waals surface area contributed by atoms with Crippen molar-refractivity contribution in [2.75, 3.05) is 24.8 Å². The average Bonchev–Trinajstić information content (AvgIpc) is 2.87. The summed E-state index contributed by atoms with van der Waals surface area (Å²) in [7, 11) is 1.18. The number of para-hydroxylation sites is 1. The molecule has 0 aliphatic carbocycles. The molecular weight excluding hydrogens is 482 g/mol. The molecular formula is C26H25N3O6S. The molecule has 2 N–H and O–H groups in total. The van der Waals surface area contributed by atoms with E-state index in [1.54, 1.807) is 55.5 Å². The van der Waals surface area contributed by atoms with Gasteiger partial charge >= 0.3 is 5.97 Å². The molecule has 2 aromatic rings. The van der Waals surface area contributed by atoms with Crippen LogP contribution < -0.4 is 15.4 Å². The van der Waals surface area contributed by atoms with Gasteiger partial charge in [-0.2, -0.15) is 5.26 Å². The summed E-state index contributed by atoms with van der Waals surface area (Å²) in [5, 5.41) is 15.5. The van der Waals surface area contributed by atoms with Crippen LogP contribution in [0.2, 0.25) is 0 Å². The summed E-state index contributed by atoms with van der Waals surface area (Å²) in [6.07, 6.45) is 0. The highest BCUT2D eigenvalue weighted by Gasteiger charge is 2.45. The molecule has 0 unspecified atom stereocenters. The third-order valence-electron chi connectivity index (χ3n) is 5.46. The molecule has 0 saturated heterocycles. The van der Waals surface area contributed by atoms with Crippen molar-refractivity contribution >= 4 is 41.0 Å². The summed E-state index contributed by atoms with van der Waals surface area (Å²) in [6.45, 7) is 3.60. The van der Waals surface area contributed by atoms with E-state index in [9.17, 15) is 24.4 Å². The minimum Gasteiger partial charge on any atom is -0.494 e. The SMILES string of the molecule is CCOc1ccccc1[C@@H]1C(C#N)=C(SCC(=O)Nc2ccc(C(C)=O)cc2)NC(=O)[C@H]1C(=O)OC. The number of Topliss-reactive ketones (excluding diaryl/α,β-unsaturated/α-hetero) is 1. The van der Waals surface area contributed by atoms with Gasteiger partial charge in [-0.05, 0) is 44.2 Å². The number of nitriles is 1. The van der Waals surface area contributed by atoms with Gasteiger partial charge in [-0.3, -0.25) is 19.2 Å². The molecule has 0 radical (unpaired) electrons. The number of rotatable bonds is 9. The lowest BCUT2D eigenvalue weighted by Crippen LogP contribution is -2.44. The van der Waals surface area contributed by atoms with E-state index >= 15 is 0 Å². The second-order valence-electron chi connectivity index (χ2n) is 7.76. The Bertz CT molecular complexity index is 1250. The van der Waals surface area contributed by atoms with Crippen LogP contribution in [0.4, 0.5) is 5.69 Å². The Morgan fingerprint density at radius 2 is 1.83 bits per heavy atom. The average molecular weight is 508 g/mol. The zero-order chi connectivity index (χ0) is 26.2. The van der Waals surface area contributed by atoms with Crippen LogP contribution in [0.5, 0.6) is 5.75 Å². The molecule has 2 aromatic carbocycles. The summed E-state index contributed by atoms with van der Waals surface area (Å²) in [5.41, 5.74) is 1.65. The summed E-state index contributed by atoms with van der Waals surface area (Å²) in [6, 6.07) is 15.4. The van der Waals surface area contributed by atoms with E-state index in [0.29, 0.717) is 29.2 Å². The Kier molecular flexibility index (Phi) is 8.86. The van der Waals surface area contributed by atoms with E-state index < -0.39 is 23.7 Å². The maximum absolute atomic E-state index is 13.0. The first-order valence-electron chi connectivity index (χ1n) is 11.1. The fraction of sp³-hybridized carbons (Fsp3) is 0.269. The number of thioether (sulfide) groups is 1. The van der Waals surface area contributed by atoms with Crippen molar-refractivity contribution < 1.29 is 28.7 Å². The molecule has 9 nitrogen and oxygen atoms in total. The smallest absolute Gasteiger partial charge is 0.319 e. The number of carbonyl (C=O) groups excluding carboxylic acids is 4. The fourth-order valence-corrected chi connectivity index (χ4v) is 4.65. The van der Waals surface area contributed by atoms with Gasteiger partial charge in [0.1, 0.15) is 11.7 Å². The number of hydrogen-bond donors (Lipinski definition) is 2. The molecule has 186 valence electrons. The van der Waals surface area contributed by atoms with Crippen molar-refractivity contribution in [1.29, 1.82) is 5.26 Å². The minimum atomic E-state index is -1.30. The van der Waals surface area contributed by atoms with Crippen LogP contribution in [0, 0.1) is 17.2 Å². The monoisotopic (exact) mass is 507 g/mol. The highest BCUT2D eigenvalue weighted by atomic mass is 32.2. The Morgan fingerprint density at radius 1 is 1.14 bits per heavy atom. The van der Waals surface area contributed by atoms with Gasteiger partial charge in [0.2, 0.25) is 11.8 Å². The molecule has 0 aromatic heterocycles. The van der Waals surface area contributed by atoms with E-state index in [4.69, 9.17) is 9.47 Å². The Balaban J connectivity index is 1.89. The molecule has 2 atom stereocenters. The van der Waals surface area contributed by atoms with Gasteiger partial charge in [-0.15, -0.1) is 0 Å². The van der Waals surface area contributed by atoms with Crippen LogP contribution in [0.25, 0.3) is 0 Å². The number of amides is 2. The zero-order valence-corrected chi connectivity index (χ0v) is 20.8. The number of allylic oxidation sites excluding steroid dienone is 1. The van der Waals surface area contributed by atoms with Gasteiger partial charge in [0, 0.05) is 22.7 Å². The van der Waals surface area contributed by atoms with Crippen molar-refractivity contribution in [1.82, 2.24) is 5.32 Å². The molecule has 10 heteroatoms. The van der Waals surface area contributed by atoms with E-state index in [0.717, 1.165) is 11.8 Å². The predicted octanol–water partition coefficient (Wildman–Crippen LogP) is 3.40. The molecule has 0 fully saturated rings. The quantitative estimate of drug-likeness (QED) is 0.300. The maximum Gasteiger partial charge on any atom is 0.319 e. The van der Waals surface area contributed by atoms with Gasteiger partial charge in [0.25, 0.3) is 0 Å². The number of hydrogen-bond acceptors (Lipinski definition) is 8. The van der Waals surface area contributed by atoms with Crippen LogP contribution in [0.15, 0.2) is 59.1 Å². The maximum atomic E-state index is 13.0. The number of methoxy groups -OCH3 is 1. The van der Waals surface area contributed by atoms with Gasteiger partial charge in [-0.1, -0.05) is 30.0 Å². The van der Waals surface area contributed by atoms with Crippen molar-refractivity contribution in [2.45, 2.75) is 19.8 Å². The molecule has 0 bridgehead atoms. The first-order chi connectivity index (χ1) is 17.3. The Labute approximate surface area is 212 Å². The number of nitrogens with one attached hydrogen (secondary N) is 2. The van der Waals surface area contributed by atoms with E-state index in [1.807, 2.05) is 0 Å². The van der Waals surface area contributed by atoms with Gasteiger partial charge < -0.3 is 20.1 Å². The summed E-state index contributed by atoms with van der Waals surface area (Å²) in [5.74, 6) is -3.82. The molecule has 1 heterocycles. The largest absolute Gasteiger partial charge is 0.494 e. The topological polar surface area (TPSA) is 135 Å². The highest BCUT2D eigenvalue weighted by molar-refractivity contribution is 8.03. The zero-order valence-electron chi connectivity index (χ0n) is 20.0. The number of esters is 1. The molecule has 36 heavy (non-hydrogen) atoms. The molecule has 0 spiro atoms. The first kappa shape index (κ1) is 26.5. The van der Waals surface area contributed by atoms with E-state index in [2.05, 4.69) is 16.7 Å². The fourth-order valence-electron chi connectivity index (χ4n) is 3.80. The summed E-state index contributed by atoms with van der Waals surface area (Å²) in [4.78, 5) is 49.6. The normalized spacial score (nSPS) is 17.0. The molecule has 1 aliphatic rings. The molecule has 2 amide bonds. The lowest BCUT2D eigenvalue weighted by atomic mass is 9.78. The minimum absolute atomic E-state index is 0.0850. The lowest BCUT2D eigenvalue weighted by Gasteiger charge is -2.31. The number of carbonyl (C=O) groups is 4. The number of anilines is 1. The van der Waals surface area contributed by atoms with E-state index in [-0.39, 0.29) is 28.0 Å². The molecule has 1 aliphatic heterocycles. The first-order valence-corrected chi connectivity index (χ1v) is 12.1. The second kappa shape index (κ2) is 12.0. The van der Waals surface area contributed by atoms with Crippen LogP contribution in [0.3, 0.4) is 0 Å². The van der Waals surface area contributed by atoms with Crippen molar-refractivity contribution in [3.05, 3.63) is 70.3 Å². The third kappa shape index (κ3) is 5.93. The third-order valence-corrected chi connectivity index (χ3v) is 6.48. The van der Waals surface area contributed by atoms with Gasteiger partial charge in [-0.25, -0.2) is 0 Å². The van der Waals surface area contributed by atoms with Crippen molar-refractivity contribution in [2.24, 2.45) is 5.92 Å². The standard InChI is InChI=1S/C26H25N3O6S/c1-4-35-20-8-6-5-7-18(20)22-19(13-27)25(29-24(32)23(22)26(33)34-3)36-14-21(31)28-17-11-9-16(10-12-17)15(2)30/h5-12,22-23H,4,14H2,1-3H3,(H,28,31)(H,29,32)/t22-,23+/m1/s1. The van der Waals surface area contributed by atoms with Gasteiger partial charge in [0.05, 0.1) is 36.1 Å². The Morgan fingerprint density at radius 3 is 2.44 bits per heavy atom. The number of ether oxygens (including phenoxy) is 2. The van der Waals surface area contributed by atoms with Crippen LogP contribution >= 0.6 is 11.8 Å². The number of benzene rings is 2. The molecule has 3 rings (SSSR count). The second-order valence-corrected chi connectivity index (χ2v) is 8.75. The molecule has 0 saturated carbocycles. The summed E-state index contributed by atoms with van der Waals surface area (Å²) >= 11 is 0.974. The number of nitrogens with zero attached hydrogens (tertiary/aromatic N) is 1. The predicted molar refractivity (Wildman–Crippen MR) is 134 cm³/mol. The van der Waals surface area contributed by atoms with Crippen LogP contribution in [0.1, 0.15) is 35.7 Å². The number of ketones is 1. The lowest BCUT2D eigenvalue weighted by molar-refractivity contribution is -0.150. The van der Waals surface area contributed by atoms with Crippen LogP contribution in [-0.2, 0) is 19.1 Å². The van der Waals surface area contributed by atoms with Crippen molar-refractivity contribution in [3.63, 3.8) is 0 Å². The van der Waals surface area contributed by atoms with Gasteiger partial charge in [0.15, 0.2) is 5.78 Å². The Hall–Kier alpha value is -4.10. The summed E-state index contributed by atoms with van der Waals surface area (Å²) < 4.78 is 10.6. The van der Waals surface area contributed by atoms with Crippen molar-refractivity contribution in [3.8, 4) is 11.8 Å².